The third-order valence-electron chi connectivity index (χ3n) is 7.43. The lowest BCUT2D eigenvalue weighted by Crippen LogP contribution is -2.46. The second kappa shape index (κ2) is 9.95. The molecule has 0 bridgehead atoms. The summed E-state index contributed by atoms with van der Waals surface area (Å²) in [6, 6.07) is 15.1. The zero-order valence-electron chi connectivity index (χ0n) is 20.4. The van der Waals surface area contributed by atoms with Crippen molar-refractivity contribution in [3.05, 3.63) is 99.8 Å². The summed E-state index contributed by atoms with van der Waals surface area (Å²) in [6.07, 6.45) is 2.55. The molecule has 2 aliphatic rings. The highest BCUT2D eigenvalue weighted by Gasteiger charge is 2.47. The third-order valence-corrected chi connectivity index (χ3v) is 7.64. The van der Waals surface area contributed by atoms with E-state index in [0.29, 0.717) is 36.2 Å². The van der Waals surface area contributed by atoms with Gasteiger partial charge in [-0.2, -0.15) is 13.2 Å². The summed E-state index contributed by atoms with van der Waals surface area (Å²) in [5.74, 6) is -0.286. The van der Waals surface area contributed by atoms with Crippen molar-refractivity contribution in [2.45, 2.75) is 31.4 Å². The van der Waals surface area contributed by atoms with Crippen molar-refractivity contribution in [1.29, 1.82) is 0 Å². The Morgan fingerprint density at radius 2 is 1.81 bits per heavy atom. The molecule has 0 saturated carbocycles. The van der Waals surface area contributed by atoms with Gasteiger partial charge in [0.05, 0.1) is 5.56 Å². The maximum Gasteiger partial charge on any atom is 0.416 e. The molecule has 0 N–H and O–H groups in total. The number of alkyl halides is 3. The first kappa shape index (κ1) is 25.5. The molecule has 4 nitrogen and oxygen atoms in total. The molecule has 5 rings (SSSR count). The molecular weight excluding hydrogens is 499 g/mol. The number of carbonyl (C=O) groups excluding carboxylic acids is 1. The molecule has 37 heavy (non-hydrogen) atoms. The first-order chi connectivity index (χ1) is 17.6. The number of piperidine rings is 1. The summed E-state index contributed by atoms with van der Waals surface area (Å²) in [7, 11) is 0. The fraction of sp³-hybridized carbons (Fsp3) is 0.310. The average molecular weight is 526 g/mol. The Balaban J connectivity index is 1.37. The summed E-state index contributed by atoms with van der Waals surface area (Å²) in [6.45, 7) is 4.62. The number of aryl methyl sites for hydroxylation is 1. The second-order valence-electron chi connectivity index (χ2n) is 9.88. The molecule has 0 unspecified atom stereocenters. The van der Waals surface area contributed by atoms with Crippen molar-refractivity contribution in [2.24, 2.45) is 0 Å². The van der Waals surface area contributed by atoms with Gasteiger partial charge in [-0.3, -0.25) is 9.69 Å². The fourth-order valence-electron chi connectivity index (χ4n) is 5.32. The lowest BCUT2D eigenvalue weighted by molar-refractivity contribution is -0.137. The van der Waals surface area contributed by atoms with Crippen molar-refractivity contribution in [3.63, 3.8) is 0 Å². The highest BCUT2D eigenvalue weighted by atomic mass is 35.5. The maximum absolute atomic E-state index is 13.6. The van der Waals surface area contributed by atoms with Crippen molar-refractivity contribution < 1.29 is 18.0 Å². The van der Waals surface area contributed by atoms with Crippen LogP contribution in [0.25, 0.3) is 6.08 Å². The molecular formula is C29H27ClF3N3O. The molecule has 3 heterocycles. The zero-order valence-corrected chi connectivity index (χ0v) is 21.2. The van der Waals surface area contributed by atoms with Crippen molar-refractivity contribution in [2.75, 3.05) is 31.1 Å². The number of benzene rings is 2. The Kier molecular flexibility index (Phi) is 6.86. The van der Waals surface area contributed by atoms with Crippen LogP contribution in [-0.2, 0) is 11.6 Å². The summed E-state index contributed by atoms with van der Waals surface area (Å²) in [5, 5.41) is 0.194. The Morgan fingerprint density at radius 3 is 2.49 bits per heavy atom. The highest BCUT2D eigenvalue weighted by molar-refractivity contribution is 6.29. The number of carbonyl (C=O) groups is 1. The van der Waals surface area contributed by atoms with Crippen LogP contribution >= 0.6 is 11.6 Å². The topological polar surface area (TPSA) is 36.4 Å². The lowest BCUT2D eigenvalue weighted by atomic mass is 9.74. The summed E-state index contributed by atoms with van der Waals surface area (Å²) >= 11 is 5.99. The van der Waals surface area contributed by atoms with Crippen LogP contribution in [0.1, 0.15) is 45.5 Å². The van der Waals surface area contributed by atoms with E-state index in [-0.39, 0.29) is 11.1 Å². The Morgan fingerprint density at radius 1 is 1.08 bits per heavy atom. The molecule has 1 aromatic heterocycles. The summed E-state index contributed by atoms with van der Waals surface area (Å²) in [4.78, 5) is 21.3. The minimum Gasteiger partial charge on any atom is -0.307 e. The van der Waals surface area contributed by atoms with Crippen LogP contribution < -0.4 is 4.90 Å². The van der Waals surface area contributed by atoms with Gasteiger partial charge >= 0.3 is 6.18 Å². The van der Waals surface area contributed by atoms with Crippen LogP contribution in [0, 0.1) is 6.92 Å². The molecule has 192 valence electrons. The number of hydrogen-bond donors (Lipinski definition) is 0. The van der Waals surface area contributed by atoms with E-state index in [1.807, 2.05) is 0 Å². The van der Waals surface area contributed by atoms with E-state index in [9.17, 15) is 18.0 Å². The lowest BCUT2D eigenvalue weighted by Gasteiger charge is -2.39. The van der Waals surface area contributed by atoms with Gasteiger partial charge in [0, 0.05) is 36.0 Å². The molecule has 1 saturated heterocycles. The second-order valence-corrected chi connectivity index (χ2v) is 10.3. The van der Waals surface area contributed by atoms with Crippen LogP contribution in [-0.4, -0.2) is 42.0 Å². The van der Waals surface area contributed by atoms with E-state index >= 15 is 0 Å². The number of amides is 1. The number of anilines is 1. The average Bonchev–Trinajstić information content (AvgIpc) is 3.19. The van der Waals surface area contributed by atoms with Gasteiger partial charge in [0.25, 0.3) is 5.91 Å². The van der Waals surface area contributed by atoms with Crippen LogP contribution in [0.3, 0.4) is 0 Å². The molecule has 2 aliphatic heterocycles. The Hall–Kier alpha value is -3.16. The quantitative estimate of drug-likeness (QED) is 0.353. The number of likely N-dealkylation sites (tertiary alicyclic amines) is 1. The van der Waals surface area contributed by atoms with Crippen LogP contribution in [0.2, 0.25) is 5.15 Å². The number of pyridine rings is 1. The number of halogens is 4. The molecule has 0 atom stereocenters. The predicted molar refractivity (Wildman–Crippen MR) is 140 cm³/mol. The zero-order chi connectivity index (χ0) is 26.2. The first-order valence-corrected chi connectivity index (χ1v) is 12.6. The number of aromatic nitrogens is 1. The Labute approximate surface area is 219 Å². The summed E-state index contributed by atoms with van der Waals surface area (Å²) < 4.78 is 40.9. The number of fused-ring (bicyclic) bond motifs is 2. The van der Waals surface area contributed by atoms with Gasteiger partial charge in [0.1, 0.15) is 5.15 Å². The highest BCUT2D eigenvalue weighted by Crippen LogP contribution is 2.49. The molecule has 2 aromatic carbocycles. The molecule has 0 aliphatic carbocycles. The number of hydrogen-bond acceptors (Lipinski definition) is 3. The largest absolute Gasteiger partial charge is 0.416 e. The van der Waals surface area contributed by atoms with E-state index in [1.54, 1.807) is 11.0 Å². The first-order valence-electron chi connectivity index (χ1n) is 12.3. The van der Waals surface area contributed by atoms with Gasteiger partial charge in [-0.1, -0.05) is 53.6 Å². The van der Waals surface area contributed by atoms with Gasteiger partial charge in [0.2, 0.25) is 0 Å². The van der Waals surface area contributed by atoms with E-state index in [1.165, 1.54) is 30.0 Å². The molecule has 3 aromatic rings. The van der Waals surface area contributed by atoms with Gasteiger partial charge in [-0.25, -0.2) is 4.98 Å². The van der Waals surface area contributed by atoms with Crippen molar-refractivity contribution in [3.8, 4) is 0 Å². The smallest absolute Gasteiger partial charge is 0.307 e. The Bertz CT molecular complexity index is 1330. The van der Waals surface area contributed by atoms with Gasteiger partial charge < -0.3 is 4.90 Å². The van der Waals surface area contributed by atoms with Crippen LogP contribution in [0.5, 0.6) is 0 Å². The van der Waals surface area contributed by atoms with E-state index in [2.05, 4.69) is 53.2 Å². The molecule has 0 radical (unpaired) electrons. The van der Waals surface area contributed by atoms with Gasteiger partial charge in [0.15, 0.2) is 0 Å². The molecule has 1 spiro atoms. The normalized spacial score (nSPS) is 17.5. The number of rotatable bonds is 4. The van der Waals surface area contributed by atoms with Crippen LogP contribution in [0.15, 0.2) is 66.9 Å². The van der Waals surface area contributed by atoms with Gasteiger partial charge in [-0.05, 0) is 74.3 Å². The molecule has 1 fully saturated rings. The minimum atomic E-state index is -4.45. The maximum atomic E-state index is 13.6. The van der Waals surface area contributed by atoms with E-state index in [4.69, 9.17) is 11.6 Å². The van der Waals surface area contributed by atoms with Crippen LogP contribution in [0.4, 0.5) is 18.9 Å². The minimum absolute atomic E-state index is 0.194. The molecule has 8 heteroatoms. The van der Waals surface area contributed by atoms with E-state index in [0.717, 1.165) is 31.3 Å². The predicted octanol–water partition coefficient (Wildman–Crippen LogP) is 6.77. The van der Waals surface area contributed by atoms with Gasteiger partial charge in [-0.15, -0.1) is 0 Å². The third kappa shape index (κ3) is 5.29. The fourth-order valence-corrected chi connectivity index (χ4v) is 5.50. The SMILES string of the molecule is Cc1ccc(/C=C/CN2CCC3(CC2)CN(C(=O)c2ccnc(Cl)c2)c2ccc(C(F)(F)F)cc23)cc1. The van der Waals surface area contributed by atoms with E-state index < -0.39 is 17.2 Å². The molecule has 1 amide bonds. The van der Waals surface area contributed by atoms with Crippen molar-refractivity contribution in [1.82, 2.24) is 9.88 Å². The van der Waals surface area contributed by atoms with Crippen molar-refractivity contribution >= 4 is 29.3 Å². The monoisotopic (exact) mass is 525 g/mol. The summed E-state index contributed by atoms with van der Waals surface area (Å²) in [5.41, 5.74) is 2.64. The standard InChI is InChI=1S/C29H27ClF3N3O/c1-20-4-6-21(7-5-20)3-2-14-35-15-11-28(12-16-35)19-36(27(37)22-10-13-34-26(30)17-22)25-9-8-23(18-24(25)28)29(31,32)33/h2-10,13,17-18H,11-12,14-16,19H2,1H3/b3-2+. The number of nitrogens with zero attached hydrogens (tertiary/aromatic N) is 3.